The highest BCUT2D eigenvalue weighted by Crippen LogP contribution is 2.38. The van der Waals surface area contributed by atoms with E-state index in [0.29, 0.717) is 22.2 Å². The van der Waals surface area contributed by atoms with Gasteiger partial charge in [-0.25, -0.2) is 0 Å². The Morgan fingerprint density at radius 2 is 1.67 bits per heavy atom. The first-order valence-electron chi connectivity index (χ1n) is 11.9. The normalized spacial score (nSPS) is 11.5. The van der Waals surface area contributed by atoms with E-state index in [-0.39, 0.29) is 17.2 Å². The monoisotopic (exact) mass is 483 g/mol. The second-order valence-electron chi connectivity index (χ2n) is 9.56. The van der Waals surface area contributed by atoms with Crippen molar-refractivity contribution in [2.45, 2.75) is 33.7 Å². The Balaban J connectivity index is 1.74. The molecule has 5 rings (SSSR count). The van der Waals surface area contributed by atoms with Gasteiger partial charge >= 0.3 is 0 Å². The lowest BCUT2D eigenvalue weighted by Crippen LogP contribution is -2.18. The van der Waals surface area contributed by atoms with Crippen molar-refractivity contribution < 1.29 is 4.74 Å². The van der Waals surface area contributed by atoms with Gasteiger partial charge in [-0.3, -0.25) is 14.3 Å². The number of para-hydroxylation sites is 1. The van der Waals surface area contributed by atoms with Gasteiger partial charge in [0.2, 0.25) is 0 Å². The maximum atomic E-state index is 13.1. The number of pyridine rings is 2. The van der Waals surface area contributed by atoms with E-state index in [4.69, 9.17) is 4.74 Å². The van der Waals surface area contributed by atoms with E-state index < -0.39 is 0 Å². The molecule has 8 heteroatoms. The fraction of sp³-hybridized carbons (Fsp3) is 0.250. The molecule has 5 aromatic rings. The number of benzene rings is 1. The van der Waals surface area contributed by atoms with Crippen molar-refractivity contribution in [1.82, 2.24) is 23.9 Å². The van der Waals surface area contributed by atoms with Crippen molar-refractivity contribution in [3.63, 3.8) is 0 Å². The molecule has 0 aliphatic rings. The van der Waals surface area contributed by atoms with Gasteiger partial charge in [-0.15, -0.1) is 0 Å². The first-order valence-corrected chi connectivity index (χ1v) is 11.9. The third kappa shape index (κ3) is 3.94. The number of aromatic amines is 1. The van der Waals surface area contributed by atoms with Gasteiger partial charge in [0.25, 0.3) is 11.1 Å². The molecule has 0 aliphatic carbocycles. The Bertz CT molecular complexity index is 1710. The molecular formula is C28H29N5O3. The standard InChI is InChI=1S/C28H29N5O3/c1-16(2)33-13-19(12-29-33)23-10-21-22(14-32(6)28(35)26(21)30-23)20-11-25(34)31(5)15-24(20)36-27-17(3)8-7-9-18(27)4/h7-16,30H,1-6H3. The molecule has 0 saturated heterocycles. The number of rotatable bonds is 5. The molecule has 184 valence electrons. The van der Waals surface area contributed by atoms with Gasteiger partial charge in [-0.2, -0.15) is 5.10 Å². The largest absolute Gasteiger partial charge is 0.455 e. The summed E-state index contributed by atoms with van der Waals surface area (Å²) in [5.74, 6) is 1.28. The number of H-pyrrole nitrogens is 1. The van der Waals surface area contributed by atoms with Crippen LogP contribution >= 0.6 is 0 Å². The first-order chi connectivity index (χ1) is 17.1. The molecule has 0 saturated carbocycles. The number of hydrogen-bond acceptors (Lipinski definition) is 4. The van der Waals surface area contributed by atoms with Crippen molar-refractivity contribution in [3.8, 4) is 33.9 Å². The molecule has 36 heavy (non-hydrogen) atoms. The third-order valence-electron chi connectivity index (χ3n) is 6.51. The van der Waals surface area contributed by atoms with Gasteiger partial charge in [0.05, 0.1) is 12.4 Å². The molecule has 0 amide bonds. The number of fused-ring (bicyclic) bond motifs is 1. The van der Waals surface area contributed by atoms with Crippen LogP contribution in [0.1, 0.15) is 31.0 Å². The van der Waals surface area contributed by atoms with Crippen LogP contribution < -0.4 is 15.9 Å². The van der Waals surface area contributed by atoms with E-state index in [1.165, 1.54) is 9.13 Å². The van der Waals surface area contributed by atoms with E-state index in [2.05, 4.69) is 23.9 Å². The summed E-state index contributed by atoms with van der Waals surface area (Å²) in [5.41, 5.74) is 5.12. The molecular weight excluding hydrogens is 454 g/mol. The number of nitrogens with one attached hydrogen (secondary N) is 1. The topological polar surface area (TPSA) is 86.8 Å². The predicted molar refractivity (Wildman–Crippen MR) is 142 cm³/mol. The Morgan fingerprint density at radius 1 is 0.944 bits per heavy atom. The summed E-state index contributed by atoms with van der Waals surface area (Å²) in [6, 6.07) is 9.68. The molecule has 0 radical (unpaired) electrons. The average Bonchev–Trinajstić information content (AvgIpc) is 3.49. The molecule has 0 spiro atoms. The molecule has 0 fully saturated rings. The van der Waals surface area contributed by atoms with Gasteiger partial charge < -0.3 is 18.9 Å². The number of nitrogens with zero attached hydrogens (tertiary/aromatic N) is 4. The Morgan fingerprint density at radius 3 is 2.33 bits per heavy atom. The number of aromatic nitrogens is 5. The van der Waals surface area contributed by atoms with Crippen LogP contribution in [0.15, 0.2) is 64.7 Å². The van der Waals surface area contributed by atoms with Crippen LogP contribution in [-0.4, -0.2) is 23.9 Å². The Hall–Kier alpha value is -4.33. The minimum Gasteiger partial charge on any atom is -0.455 e. The van der Waals surface area contributed by atoms with Crippen LogP contribution in [-0.2, 0) is 14.1 Å². The summed E-state index contributed by atoms with van der Waals surface area (Å²) < 4.78 is 11.3. The van der Waals surface area contributed by atoms with Crippen LogP contribution in [0.4, 0.5) is 0 Å². The highest BCUT2D eigenvalue weighted by Gasteiger charge is 2.19. The maximum absolute atomic E-state index is 13.1. The molecule has 4 aromatic heterocycles. The van der Waals surface area contributed by atoms with Crippen molar-refractivity contribution >= 4 is 10.9 Å². The van der Waals surface area contributed by atoms with Crippen molar-refractivity contribution in [2.24, 2.45) is 14.1 Å². The van der Waals surface area contributed by atoms with Gasteiger partial charge in [0, 0.05) is 66.4 Å². The summed E-state index contributed by atoms with van der Waals surface area (Å²) in [5, 5.41) is 5.14. The van der Waals surface area contributed by atoms with Gasteiger partial charge in [-0.05, 0) is 44.9 Å². The Kier molecular flexibility index (Phi) is 5.67. The Labute approximate surface area is 208 Å². The summed E-state index contributed by atoms with van der Waals surface area (Å²) in [6.07, 6.45) is 7.18. The number of aryl methyl sites for hydroxylation is 4. The molecule has 0 unspecified atom stereocenters. The number of hydrogen-bond donors (Lipinski definition) is 1. The summed E-state index contributed by atoms with van der Waals surface area (Å²) in [4.78, 5) is 29.1. The fourth-order valence-corrected chi connectivity index (χ4v) is 4.43. The SMILES string of the molecule is Cc1cccc(C)c1Oc1cn(C)c(=O)cc1-c1cn(C)c(=O)c2[nH]c(-c3cnn(C(C)C)c3)cc12. The molecule has 1 N–H and O–H groups in total. The fourth-order valence-electron chi connectivity index (χ4n) is 4.43. The van der Waals surface area contributed by atoms with E-state index in [1.54, 1.807) is 38.8 Å². The lowest BCUT2D eigenvalue weighted by molar-refractivity contribution is 0.470. The first kappa shape index (κ1) is 23.4. The van der Waals surface area contributed by atoms with E-state index in [9.17, 15) is 9.59 Å². The third-order valence-corrected chi connectivity index (χ3v) is 6.51. The molecule has 0 bridgehead atoms. The zero-order valence-corrected chi connectivity index (χ0v) is 21.3. The molecule has 8 nitrogen and oxygen atoms in total. The summed E-state index contributed by atoms with van der Waals surface area (Å²) in [6.45, 7) is 8.10. The molecule has 1 aromatic carbocycles. The van der Waals surface area contributed by atoms with E-state index in [0.717, 1.165) is 33.7 Å². The van der Waals surface area contributed by atoms with Crippen molar-refractivity contribution in [1.29, 1.82) is 0 Å². The zero-order valence-electron chi connectivity index (χ0n) is 21.3. The molecule has 4 heterocycles. The maximum Gasteiger partial charge on any atom is 0.274 e. The second-order valence-corrected chi connectivity index (χ2v) is 9.56. The number of ether oxygens (including phenoxy) is 1. The smallest absolute Gasteiger partial charge is 0.274 e. The quantitative estimate of drug-likeness (QED) is 0.377. The second kappa shape index (κ2) is 8.71. The van der Waals surface area contributed by atoms with Gasteiger partial charge in [0.15, 0.2) is 5.75 Å². The minimum absolute atomic E-state index is 0.155. The lowest BCUT2D eigenvalue weighted by atomic mass is 10.0. The van der Waals surface area contributed by atoms with E-state index in [1.807, 2.05) is 49.0 Å². The highest BCUT2D eigenvalue weighted by molar-refractivity contribution is 5.98. The zero-order chi connectivity index (χ0) is 25.7. The van der Waals surface area contributed by atoms with Crippen LogP contribution in [0.25, 0.3) is 33.3 Å². The van der Waals surface area contributed by atoms with Gasteiger partial charge in [-0.1, -0.05) is 18.2 Å². The lowest BCUT2D eigenvalue weighted by Gasteiger charge is -2.17. The van der Waals surface area contributed by atoms with E-state index >= 15 is 0 Å². The molecule has 0 aliphatic heterocycles. The van der Waals surface area contributed by atoms with Crippen LogP contribution in [0.2, 0.25) is 0 Å². The predicted octanol–water partition coefficient (Wildman–Crippen LogP) is 5.09. The average molecular weight is 484 g/mol. The van der Waals surface area contributed by atoms with Crippen LogP contribution in [0.5, 0.6) is 11.5 Å². The van der Waals surface area contributed by atoms with Gasteiger partial charge in [0.1, 0.15) is 11.3 Å². The summed E-state index contributed by atoms with van der Waals surface area (Å²) >= 11 is 0. The van der Waals surface area contributed by atoms with Crippen molar-refractivity contribution in [3.05, 3.63) is 87.0 Å². The summed E-state index contributed by atoms with van der Waals surface area (Å²) in [7, 11) is 3.40. The molecule has 0 atom stereocenters. The van der Waals surface area contributed by atoms with Crippen LogP contribution in [0, 0.1) is 13.8 Å². The highest BCUT2D eigenvalue weighted by atomic mass is 16.5. The van der Waals surface area contributed by atoms with Crippen LogP contribution in [0.3, 0.4) is 0 Å². The van der Waals surface area contributed by atoms with Crippen molar-refractivity contribution in [2.75, 3.05) is 0 Å². The minimum atomic E-state index is -0.171.